The number of nitrogens with zero attached hydrogens (tertiary/aromatic N) is 3. The van der Waals surface area contributed by atoms with E-state index in [0.717, 1.165) is 54.4 Å². The largest absolute Gasteiger partial charge is 0.338 e. The van der Waals surface area contributed by atoms with Gasteiger partial charge in [0.2, 0.25) is 5.95 Å². The van der Waals surface area contributed by atoms with E-state index in [0.29, 0.717) is 0 Å². The molecular weight excluding hydrogens is 318 g/mol. The molecule has 0 radical (unpaired) electrons. The summed E-state index contributed by atoms with van der Waals surface area (Å²) < 4.78 is 1.06. The van der Waals surface area contributed by atoms with E-state index in [-0.39, 0.29) is 0 Å². The van der Waals surface area contributed by atoms with Crippen molar-refractivity contribution in [1.29, 1.82) is 0 Å². The van der Waals surface area contributed by atoms with Gasteiger partial charge in [0.25, 0.3) is 0 Å². The molecule has 1 saturated heterocycles. The number of aromatic amines is 1. The standard InChI is InChI=1S/C14H18BrN5/c1-10-7-11(9-12(15)8-10)13-17-14(19-18-13)20-5-2-3-16-4-6-20/h7-9,16H,2-6H2,1H3,(H,17,18,19). The predicted molar refractivity (Wildman–Crippen MR) is 84.0 cm³/mol. The summed E-state index contributed by atoms with van der Waals surface area (Å²) in [7, 11) is 0. The molecule has 0 saturated carbocycles. The highest BCUT2D eigenvalue weighted by molar-refractivity contribution is 9.10. The Bertz CT molecular complexity index is 567. The lowest BCUT2D eigenvalue weighted by molar-refractivity contribution is 0.724. The second-order valence-corrected chi connectivity index (χ2v) is 6.01. The Morgan fingerprint density at radius 2 is 2.10 bits per heavy atom. The zero-order valence-corrected chi connectivity index (χ0v) is 13.1. The topological polar surface area (TPSA) is 56.8 Å². The molecule has 3 rings (SSSR count). The van der Waals surface area contributed by atoms with Crippen LogP contribution in [0.2, 0.25) is 0 Å². The van der Waals surface area contributed by atoms with Gasteiger partial charge in [-0.05, 0) is 43.7 Å². The van der Waals surface area contributed by atoms with Crippen LogP contribution in [0.3, 0.4) is 0 Å². The lowest BCUT2D eigenvalue weighted by Crippen LogP contribution is -2.28. The molecule has 5 nitrogen and oxygen atoms in total. The zero-order valence-electron chi connectivity index (χ0n) is 11.5. The van der Waals surface area contributed by atoms with Crippen molar-refractivity contribution in [2.24, 2.45) is 0 Å². The van der Waals surface area contributed by atoms with E-state index in [1.807, 2.05) is 0 Å². The van der Waals surface area contributed by atoms with Gasteiger partial charge in [-0.1, -0.05) is 15.9 Å². The van der Waals surface area contributed by atoms with E-state index >= 15 is 0 Å². The maximum absolute atomic E-state index is 4.64. The number of hydrogen-bond donors (Lipinski definition) is 2. The summed E-state index contributed by atoms with van der Waals surface area (Å²) in [6, 6.07) is 6.25. The van der Waals surface area contributed by atoms with Crippen LogP contribution >= 0.6 is 15.9 Å². The molecule has 0 amide bonds. The summed E-state index contributed by atoms with van der Waals surface area (Å²) in [6.07, 6.45) is 1.12. The number of hydrogen-bond acceptors (Lipinski definition) is 4. The van der Waals surface area contributed by atoms with Crippen molar-refractivity contribution in [1.82, 2.24) is 20.5 Å². The van der Waals surface area contributed by atoms with Crippen molar-refractivity contribution >= 4 is 21.9 Å². The third-order valence-corrected chi connectivity index (χ3v) is 3.87. The second kappa shape index (κ2) is 5.93. The molecule has 1 fully saturated rings. The summed E-state index contributed by atoms with van der Waals surface area (Å²) in [5.74, 6) is 1.61. The molecule has 0 atom stereocenters. The van der Waals surface area contributed by atoms with Crippen LogP contribution in [0, 0.1) is 6.92 Å². The fraction of sp³-hybridized carbons (Fsp3) is 0.429. The monoisotopic (exact) mass is 335 g/mol. The van der Waals surface area contributed by atoms with Crippen molar-refractivity contribution in [3.63, 3.8) is 0 Å². The molecule has 2 aromatic rings. The number of aryl methyl sites for hydroxylation is 1. The maximum atomic E-state index is 4.64. The Balaban J connectivity index is 1.85. The first-order valence-corrected chi connectivity index (χ1v) is 7.67. The molecule has 1 aromatic carbocycles. The fourth-order valence-electron chi connectivity index (χ4n) is 2.44. The first-order chi connectivity index (χ1) is 9.72. The molecule has 0 spiro atoms. The van der Waals surface area contributed by atoms with E-state index in [9.17, 15) is 0 Å². The highest BCUT2D eigenvalue weighted by Crippen LogP contribution is 2.23. The number of aromatic nitrogens is 3. The summed E-state index contributed by atoms with van der Waals surface area (Å²) in [5.41, 5.74) is 2.26. The summed E-state index contributed by atoms with van der Waals surface area (Å²) in [4.78, 5) is 6.87. The molecule has 1 aliphatic rings. The van der Waals surface area contributed by atoms with Crippen LogP contribution in [0.15, 0.2) is 22.7 Å². The van der Waals surface area contributed by atoms with Crippen molar-refractivity contribution < 1.29 is 0 Å². The Kier molecular flexibility index (Phi) is 4.03. The summed E-state index contributed by atoms with van der Waals surface area (Å²) in [5, 5.41) is 10.8. The lowest BCUT2D eigenvalue weighted by atomic mass is 10.1. The van der Waals surface area contributed by atoms with Gasteiger partial charge in [0, 0.05) is 29.7 Å². The number of nitrogens with one attached hydrogen (secondary N) is 2. The molecule has 6 heteroatoms. The van der Waals surface area contributed by atoms with Crippen LogP contribution in [0.5, 0.6) is 0 Å². The number of halogens is 1. The van der Waals surface area contributed by atoms with Crippen molar-refractivity contribution in [2.75, 3.05) is 31.1 Å². The third-order valence-electron chi connectivity index (χ3n) is 3.41. The first-order valence-electron chi connectivity index (χ1n) is 6.88. The molecule has 0 bridgehead atoms. The van der Waals surface area contributed by atoms with Crippen molar-refractivity contribution in [2.45, 2.75) is 13.3 Å². The van der Waals surface area contributed by atoms with Gasteiger partial charge in [-0.3, -0.25) is 5.10 Å². The highest BCUT2D eigenvalue weighted by Gasteiger charge is 2.15. The molecule has 0 unspecified atom stereocenters. The van der Waals surface area contributed by atoms with E-state index in [1.165, 1.54) is 5.56 Å². The number of H-pyrrole nitrogens is 1. The van der Waals surface area contributed by atoms with E-state index in [2.05, 4.69) is 66.5 Å². The van der Waals surface area contributed by atoms with Gasteiger partial charge >= 0.3 is 0 Å². The van der Waals surface area contributed by atoms with Gasteiger partial charge in [-0.15, -0.1) is 5.10 Å². The van der Waals surface area contributed by atoms with Gasteiger partial charge in [0.05, 0.1) is 0 Å². The lowest BCUT2D eigenvalue weighted by Gasteiger charge is -2.16. The molecule has 2 heterocycles. The van der Waals surface area contributed by atoms with Gasteiger partial charge in [0.15, 0.2) is 5.82 Å². The minimum absolute atomic E-state index is 0.793. The highest BCUT2D eigenvalue weighted by atomic mass is 79.9. The van der Waals surface area contributed by atoms with Crippen molar-refractivity contribution in [3.8, 4) is 11.4 Å². The smallest absolute Gasteiger partial charge is 0.245 e. The third kappa shape index (κ3) is 3.02. The van der Waals surface area contributed by atoms with E-state index < -0.39 is 0 Å². The SMILES string of the molecule is Cc1cc(Br)cc(-c2nc(N3CCCNCC3)n[nH]2)c1. The normalized spacial score (nSPS) is 16.2. The van der Waals surface area contributed by atoms with E-state index in [1.54, 1.807) is 0 Å². The molecule has 1 aliphatic heterocycles. The quantitative estimate of drug-likeness (QED) is 0.884. The van der Waals surface area contributed by atoms with Gasteiger partial charge in [0.1, 0.15) is 0 Å². The molecule has 2 N–H and O–H groups in total. The van der Waals surface area contributed by atoms with Gasteiger partial charge in [-0.2, -0.15) is 4.98 Å². The second-order valence-electron chi connectivity index (χ2n) is 5.09. The minimum Gasteiger partial charge on any atom is -0.338 e. The number of benzene rings is 1. The summed E-state index contributed by atoms with van der Waals surface area (Å²) in [6.45, 7) is 6.08. The molecule has 1 aromatic heterocycles. The molecule has 106 valence electrons. The van der Waals surface area contributed by atoms with Gasteiger partial charge in [-0.25, -0.2) is 0 Å². The Morgan fingerprint density at radius 3 is 2.95 bits per heavy atom. The average Bonchev–Trinajstić information content (AvgIpc) is 2.74. The minimum atomic E-state index is 0.793. The van der Waals surface area contributed by atoms with Crippen LogP contribution in [-0.4, -0.2) is 41.4 Å². The fourth-order valence-corrected chi connectivity index (χ4v) is 3.05. The number of anilines is 1. The Labute approximate surface area is 126 Å². The van der Waals surface area contributed by atoms with Crippen molar-refractivity contribution in [3.05, 3.63) is 28.2 Å². The average molecular weight is 336 g/mol. The van der Waals surface area contributed by atoms with Gasteiger partial charge < -0.3 is 10.2 Å². The Morgan fingerprint density at radius 1 is 1.20 bits per heavy atom. The van der Waals surface area contributed by atoms with E-state index in [4.69, 9.17) is 0 Å². The van der Waals surface area contributed by atoms with Crippen LogP contribution in [0.1, 0.15) is 12.0 Å². The van der Waals surface area contributed by atoms with Crippen LogP contribution in [0.4, 0.5) is 5.95 Å². The van der Waals surface area contributed by atoms with Crippen LogP contribution in [0.25, 0.3) is 11.4 Å². The van der Waals surface area contributed by atoms with Crippen LogP contribution in [-0.2, 0) is 0 Å². The zero-order chi connectivity index (χ0) is 13.9. The molecule has 0 aliphatic carbocycles. The predicted octanol–water partition coefficient (Wildman–Crippen LogP) is 2.34. The molecular formula is C14H18BrN5. The first kappa shape index (κ1) is 13.6. The van der Waals surface area contributed by atoms with Crippen LogP contribution < -0.4 is 10.2 Å². The molecule has 20 heavy (non-hydrogen) atoms. The summed E-state index contributed by atoms with van der Waals surface area (Å²) >= 11 is 3.52. The number of rotatable bonds is 2. The maximum Gasteiger partial charge on any atom is 0.245 e. The Hall–Kier alpha value is -1.40.